The van der Waals surface area contributed by atoms with Crippen LogP contribution in [0.3, 0.4) is 0 Å². The molecule has 16 heavy (non-hydrogen) atoms. The Balaban J connectivity index is 2.51. The summed E-state index contributed by atoms with van der Waals surface area (Å²) in [6, 6.07) is 5.23. The van der Waals surface area contributed by atoms with Gasteiger partial charge in [0.1, 0.15) is 5.75 Å². The van der Waals surface area contributed by atoms with Crippen molar-refractivity contribution in [2.45, 2.75) is 31.9 Å². The van der Waals surface area contributed by atoms with Crippen LogP contribution < -0.4 is 4.74 Å². The number of hydrogen-bond acceptors (Lipinski definition) is 2. The highest BCUT2D eigenvalue weighted by Gasteiger charge is 2.42. The number of benzene rings is 1. The molecule has 0 aromatic heterocycles. The maximum atomic E-state index is 14.2. The van der Waals surface area contributed by atoms with Crippen LogP contribution in [-0.2, 0) is 6.42 Å². The van der Waals surface area contributed by atoms with Gasteiger partial charge in [-0.2, -0.15) is 0 Å². The van der Waals surface area contributed by atoms with E-state index in [1.807, 2.05) is 6.07 Å². The fourth-order valence-corrected chi connectivity index (χ4v) is 2.24. The number of carbonyl (C=O) groups is 1. The Morgan fingerprint density at radius 1 is 1.50 bits per heavy atom. The van der Waals surface area contributed by atoms with Gasteiger partial charge in [0, 0.05) is 11.1 Å². The van der Waals surface area contributed by atoms with E-state index in [0.717, 1.165) is 5.56 Å². The summed E-state index contributed by atoms with van der Waals surface area (Å²) in [4.78, 5) is 12.0. The van der Waals surface area contributed by atoms with E-state index < -0.39 is 11.5 Å². The first-order chi connectivity index (χ1) is 7.62. The number of carbonyl (C=O) groups excluding carboxylic acids is 1. The second-order valence-electron chi connectivity index (χ2n) is 4.13. The highest BCUT2D eigenvalue weighted by atomic mass is 19.1. The molecule has 0 fully saturated rings. The van der Waals surface area contributed by atoms with Crippen molar-refractivity contribution in [2.24, 2.45) is 0 Å². The van der Waals surface area contributed by atoms with Gasteiger partial charge in [0.25, 0.3) is 0 Å². The van der Waals surface area contributed by atoms with Gasteiger partial charge in [0.05, 0.1) is 7.11 Å². The van der Waals surface area contributed by atoms with Crippen molar-refractivity contribution < 1.29 is 13.9 Å². The Hall–Kier alpha value is -1.38. The second-order valence-corrected chi connectivity index (χ2v) is 4.13. The Bertz CT molecular complexity index is 428. The SMILES string of the molecule is CCC1(F)CCc2c(OC)cccc2C1=O. The molecule has 1 aromatic carbocycles. The summed E-state index contributed by atoms with van der Waals surface area (Å²) < 4.78 is 19.4. The highest BCUT2D eigenvalue weighted by molar-refractivity contribution is 6.05. The van der Waals surface area contributed by atoms with E-state index in [1.165, 1.54) is 0 Å². The third-order valence-electron chi connectivity index (χ3n) is 3.34. The van der Waals surface area contributed by atoms with Gasteiger partial charge in [0.15, 0.2) is 11.5 Å². The smallest absolute Gasteiger partial charge is 0.200 e. The molecule has 0 N–H and O–H groups in total. The molecule has 0 spiro atoms. The Labute approximate surface area is 94.4 Å². The first-order valence-electron chi connectivity index (χ1n) is 5.52. The number of hydrogen-bond donors (Lipinski definition) is 0. The molecule has 1 aliphatic rings. The van der Waals surface area contributed by atoms with Crippen LogP contribution in [0.1, 0.15) is 35.7 Å². The summed E-state index contributed by atoms with van der Waals surface area (Å²) in [7, 11) is 1.57. The molecule has 0 radical (unpaired) electrons. The molecule has 0 amide bonds. The van der Waals surface area contributed by atoms with Crippen molar-refractivity contribution in [3.8, 4) is 5.75 Å². The van der Waals surface area contributed by atoms with E-state index >= 15 is 0 Å². The van der Waals surface area contributed by atoms with Crippen LogP contribution in [0.4, 0.5) is 4.39 Å². The number of rotatable bonds is 2. The predicted octanol–water partition coefficient (Wildman–Crippen LogP) is 2.94. The van der Waals surface area contributed by atoms with Crippen molar-refractivity contribution in [3.63, 3.8) is 0 Å². The molecule has 0 heterocycles. The van der Waals surface area contributed by atoms with E-state index in [-0.39, 0.29) is 12.8 Å². The Morgan fingerprint density at radius 3 is 2.88 bits per heavy atom. The number of alkyl halides is 1. The fourth-order valence-electron chi connectivity index (χ4n) is 2.24. The lowest BCUT2D eigenvalue weighted by Crippen LogP contribution is -2.38. The standard InChI is InChI=1S/C13H15FO2/c1-3-13(14)8-7-9-10(12(13)15)5-4-6-11(9)16-2/h4-6H,3,7-8H2,1-2H3. The molecular weight excluding hydrogens is 207 g/mol. The topological polar surface area (TPSA) is 26.3 Å². The number of fused-ring (bicyclic) bond motifs is 1. The summed E-state index contributed by atoms with van der Waals surface area (Å²) in [5.74, 6) is 0.291. The monoisotopic (exact) mass is 222 g/mol. The second kappa shape index (κ2) is 3.89. The summed E-state index contributed by atoms with van der Waals surface area (Å²) in [5.41, 5.74) is -0.356. The number of ketones is 1. The maximum absolute atomic E-state index is 14.2. The molecule has 86 valence electrons. The fraction of sp³-hybridized carbons (Fsp3) is 0.462. The number of methoxy groups -OCH3 is 1. The van der Waals surface area contributed by atoms with Crippen LogP contribution in [0.15, 0.2) is 18.2 Å². The lowest BCUT2D eigenvalue weighted by molar-refractivity contribution is 0.0624. The van der Waals surface area contributed by atoms with E-state index in [1.54, 1.807) is 26.2 Å². The quantitative estimate of drug-likeness (QED) is 0.769. The van der Waals surface area contributed by atoms with Gasteiger partial charge in [-0.3, -0.25) is 4.79 Å². The average molecular weight is 222 g/mol. The van der Waals surface area contributed by atoms with Crippen LogP contribution in [0.2, 0.25) is 0 Å². The van der Waals surface area contributed by atoms with Crippen molar-refractivity contribution in [1.29, 1.82) is 0 Å². The zero-order valence-corrected chi connectivity index (χ0v) is 9.55. The van der Waals surface area contributed by atoms with Crippen LogP contribution >= 0.6 is 0 Å². The molecule has 1 unspecified atom stereocenters. The molecule has 0 aliphatic heterocycles. The first-order valence-corrected chi connectivity index (χ1v) is 5.52. The van der Waals surface area contributed by atoms with Gasteiger partial charge in [-0.15, -0.1) is 0 Å². The summed E-state index contributed by atoms with van der Waals surface area (Å²) >= 11 is 0. The molecule has 1 atom stereocenters. The zero-order chi connectivity index (χ0) is 11.8. The molecule has 0 saturated heterocycles. The summed E-state index contributed by atoms with van der Waals surface area (Å²) in [6.45, 7) is 1.71. The Morgan fingerprint density at radius 2 is 2.25 bits per heavy atom. The summed E-state index contributed by atoms with van der Waals surface area (Å²) in [5, 5.41) is 0. The van der Waals surface area contributed by atoms with E-state index in [9.17, 15) is 9.18 Å². The van der Waals surface area contributed by atoms with Crippen LogP contribution in [0, 0.1) is 0 Å². The average Bonchev–Trinajstić information content (AvgIpc) is 2.33. The normalized spacial score (nSPS) is 24.1. The van der Waals surface area contributed by atoms with Gasteiger partial charge >= 0.3 is 0 Å². The molecule has 0 bridgehead atoms. The molecule has 1 aromatic rings. The number of ether oxygens (including phenoxy) is 1. The van der Waals surface area contributed by atoms with Crippen LogP contribution in [0.25, 0.3) is 0 Å². The van der Waals surface area contributed by atoms with Crippen LogP contribution in [0.5, 0.6) is 5.75 Å². The maximum Gasteiger partial charge on any atom is 0.200 e. The highest BCUT2D eigenvalue weighted by Crippen LogP contribution is 2.37. The molecule has 2 rings (SSSR count). The number of Topliss-reactive ketones (excluding diaryl/α,β-unsaturated/α-hetero) is 1. The van der Waals surface area contributed by atoms with Crippen molar-refractivity contribution in [1.82, 2.24) is 0 Å². The minimum atomic E-state index is -1.68. The van der Waals surface area contributed by atoms with Gasteiger partial charge in [0.2, 0.25) is 0 Å². The minimum Gasteiger partial charge on any atom is -0.496 e. The van der Waals surface area contributed by atoms with Crippen molar-refractivity contribution in [2.75, 3.05) is 7.11 Å². The number of halogens is 1. The minimum absolute atomic E-state index is 0.239. The molecule has 3 heteroatoms. The molecule has 2 nitrogen and oxygen atoms in total. The van der Waals surface area contributed by atoms with Crippen molar-refractivity contribution >= 4 is 5.78 Å². The van der Waals surface area contributed by atoms with Gasteiger partial charge in [-0.05, 0) is 25.3 Å². The molecular formula is C13H15FO2. The van der Waals surface area contributed by atoms with E-state index in [0.29, 0.717) is 17.7 Å². The predicted molar refractivity (Wildman–Crippen MR) is 59.8 cm³/mol. The van der Waals surface area contributed by atoms with Gasteiger partial charge in [-0.25, -0.2) is 4.39 Å². The lowest BCUT2D eigenvalue weighted by Gasteiger charge is -2.29. The first kappa shape index (κ1) is 11.1. The third kappa shape index (κ3) is 1.51. The lowest BCUT2D eigenvalue weighted by atomic mass is 9.79. The third-order valence-corrected chi connectivity index (χ3v) is 3.34. The largest absolute Gasteiger partial charge is 0.496 e. The zero-order valence-electron chi connectivity index (χ0n) is 9.55. The van der Waals surface area contributed by atoms with Crippen molar-refractivity contribution in [3.05, 3.63) is 29.3 Å². The van der Waals surface area contributed by atoms with E-state index in [2.05, 4.69) is 0 Å². The summed E-state index contributed by atoms with van der Waals surface area (Å²) in [6.07, 6.45) is 1.06. The molecule has 0 saturated carbocycles. The van der Waals surface area contributed by atoms with Gasteiger partial charge < -0.3 is 4.74 Å². The Kier molecular flexibility index (Phi) is 2.70. The van der Waals surface area contributed by atoms with Crippen LogP contribution in [-0.4, -0.2) is 18.6 Å². The molecule has 1 aliphatic carbocycles. The van der Waals surface area contributed by atoms with E-state index in [4.69, 9.17) is 4.74 Å². The van der Waals surface area contributed by atoms with Gasteiger partial charge in [-0.1, -0.05) is 19.1 Å².